The molecule has 0 bridgehead atoms. The second-order valence-corrected chi connectivity index (χ2v) is 9.11. The van der Waals surface area contributed by atoms with Gasteiger partial charge in [-0.25, -0.2) is 13.1 Å². The summed E-state index contributed by atoms with van der Waals surface area (Å²) < 4.78 is 26.3. The number of carbonyl (C=O) groups excluding carboxylic acids is 1. The van der Waals surface area contributed by atoms with Gasteiger partial charge in [0.25, 0.3) is 0 Å². The van der Waals surface area contributed by atoms with Crippen LogP contribution in [0, 0.1) is 3.57 Å². The molecular weight excluding hydrogens is 479 g/mol. The summed E-state index contributed by atoms with van der Waals surface area (Å²) in [6.45, 7) is 4.28. The second-order valence-electron chi connectivity index (χ2n) is 5.88. The SMILES string of the molecule is C=CS(=O)(=O)NC1CCN(C(=O)CCc2cc(I)c(Cl)cc2O)CC1. The molecule has 25 heavy (non-hydrogen) atoms. The van der Waals surface area contributed by atoms with Gasteiger partial charge in [0.2, 0.25) is 15.9 Å². The Morgan fingerprint density at radius 1 is 1.44 bits per heavy atom. The molecule has 0 aliphatic carbocycles. The van der Waals surface area contributed by atoms with E-state index in [1.807, 2.05) is 0 Å². The lowest BCUT2D eigenvalue weighted by Gasteiger charge is -2.32. The van der Waals surface area contributed by atoms with Crippen LogP contribution in [-0.2, 0) is 21.2 Å². The van der Waals surface area contributed by atoms with E-state index in [0.717, 1.165) is 8.98 Å². The van der Waals surface area contributed by atoms with Crippen molar-refractivity contribution in [3.05, 3.63) is 38.3 Å². The first kappa shape index (κ1) is 20.5. The van der Waals surface area contributed by atoms with Gasteiger partial charge in [-0.2, -0.15) is 0 Å². The highest BCUT2D eigenvalue weighted by Gasteiger charge is 2.25. The number of hydrogen-bond donors (Lipinski definition) is 2. The van der Waals surface area contributed by atoms with Gasteiger partial charge in [0.05, 0.1) is 5.02 Å². The number of aromatic hydroxyl groups is 1. The van der Waals surface area contributed by atoms with E-state index in [-0.39, 0.29) is 24.1 Å². The van der Waals surface area contributed by atoms with Crippen LogP contribution in [0.5, 0.6) is 5.75 Å². The summed E-state index contributed by atoms with van der Waals surface area (Å²) in [4.78, 5) is 14.1. The predicted molar refractivity (Wildman–Crippen MR) is 106 cm³/mol. The Kier molecular flexibility index (Phi) is 7.12. The first-order valence-electron chi connectivity index (χ1n) is 7.81. The van der Waals surface area contributed by atoms with Gasteiger partial charge in [-0.3, -0.25) is 4.79 Å². The number of sulfonamides is 1. The van der Waals surface area contributed by atoms with E-state index in [9.17, 15) is 18.3 Å². The molecule has 0 spiro atoms. The molecule has 0 unspecified atom stereocenters. The van der Waals surface area contributed by atoms with Gasteiger partial charge in [0.15, 0.2) is 0 Å². The smallest absolute Gasteiger partial charge is 0.233 e. The predicted octanol–water partition coefficient (Wildman–Crippen LogP) is 2.64. The zero-order valence-corrected chi connectivity index (χ0v) is 17.3. The highest BCUT2D eigenvalue weighted by Crippen LogP contribution is 2.28. The minimum Gasteiger partial charge on any atom is -0.508 e. The van der Waals surface area contributed by atoms with E-state index < -0.39 is 10.0 Å². The van der Waals surface area contributed by atoms with Crippen LogP contribution >= 0.6 is 34.2 Å². The summed E-state index contributed by atoms with van der Waals surface area (Å²) in [5.74, 6) is 0.0881. The molecule has 9 heteroatoms. The maximum absolute atomic E-state index is 12.3. The summed E-state index contributed by atoms with van der Waals surface area (Å²) in [5.41, 5.74) is 0.691. The molecule has 2 N–H and O–H groups in total. The van der Waals surface area contributed by atoms with Crippen LogP contribution in [0.25, 0.3) is 0 Å². The van der Waals surface area contributed by atoms with Crippen LogP contribution in [-0.4, -0.2) is 43.5 Å². The van der Waals surface area contributed by atoms with Crippen molar-refractivity contribution in [1.29, 1.82) is 0 Å². The number of amides is 1. The van der Waals surface area contributed by atoms with Gasteiger partial charge in [-0.05, 0) is 59.5 Å². The molecule has 1 aliphatic rings. The third-order valence-corrected chi connectivity index (χ3v) is 6.75. The van der Waals surface area contributed by atoms with Crippen LogP contribution in [0.2, 0.25) is 5.02 Å². The van der Waals surface area contributed by atoms with Gasteiger partial charge < -0.3 is 10.0 Å². The zero-order chi connectivity index (χ0) is 18.6. The molecule has 1 fully saturated rings. The molecule has 0 atom stereocenters. The van der Waals surface area contributed by atoms with Crippen molar-refractivity contribution in [3.8, 4) is 5.75 Å². The molecule has 1 aromatic carbocycles. The van der Waals surface area contributed by atoms with E-state index in [2.05, 4.69) is 33.9 Å². The van der Waals surface area contributed by atoms with Crippen molar-refractivity contribution in [3.63, 3.8) is 0 Å². The number of nitrogens with one attached hydrogen (secondary N) is 1. The first-order valence-corrected chi connectivity index (χ1v) is 10.8. The van der Waals surface area contributed by atoms with Gasteiger partial charge in [0, 0.05) is 34.5 Å². The van der Waals surface area contributed by atoms with Crippen molar-refractivity contribution in [2.75, 3.05) is 13.1 Å². The largest absolute Gasteiger partial charge is 0.508 e. The molecular formula is C16H20ClIN2O4S. The van der Waals surface area contributed by atoms with Crippen LogP contribution < -0.4 is 4.72 Å². The summed E-state index contributed by atoms with van der Waals surface area (Å²) >= 11 is 8.02. The summed E-state index contributed by atoms with van der Waals surface area (Å²) in [7, 11) is -3.44. The van der Waals surface area contributed by atoms with Gasteiger partial charge in [-0.1, -0.05) is 18.2 Å². The number of phenolic OH excluding ortho intramolecular Hbond substituents is 1. The first-order chi connectivity index (χ1) is 11.7. The summed E-state index contributed by atoms with van der Waals surface area (Å²) in [5, 5.41) is 11.3. The second kappa shape index (κ2) is 8.70. The maximum Gasteiger partial charge on any atom is 0.233 e. The number of hydrogen-bond acceptors (Lipinski definition) is 4. The van der Waals surface area contributed by atoms with Crippen LogP contribution in [0.4, 0.5) is 0 Å². The van der Waals surface area contributed by atoms with E-state index in [4.69, 9.17) is 11.6 Å². The standard InChI is InChI=1S/C16H20ClIN2O4S/c1-2-25(23,24)19-12-5-7-20(8-6-12)16(22)4-3-11-9-14(18)13(17)10-15(11)21/h2,9-10,12,19,21H,1,3-8H2. The van der Waals surface area contributed by atoms with E-state index in [1.165, 1.54) is 6.07 Å². The lowest BCUT2D eigenvalue weighted by Crippen LogP contribution is -2.46. The number of phenols is 1. The number of piperidine rings is 1. The van der Waals surface area contributed by atoms with E-state index in [0.29, 0.717) is 42.9 Å². The Balaban J connectivity index is 1.85. The fourth-order valence-electron chi connectivity index (χ4n) is 2.70. The molecule has 1 amide bonds. The number of rotatable bonds is 6. The molecule has 0 aromatic heterocycles. The average Bonchev–Trinajstić information content (AvgIpc) is 2.57. The molecule has 1 aromatic rings. The maximum atomic E-state index is 12.3. The topological polar surface area (TPSA) is 86.7 Å². The number of nitrogens with zero attached hydrogens (tertiary/aromatic N) is 1. The third kappa shape index (κ3) is 5.83. The Morgan fingerprint density at radius 3 is 2.68 bits per heavy atom. The van der Waals surface area contributed by atoms with E-state index in [1.54, 1.807) is 11.0 Å². The summed E-state index contributed by atoms with van der Waals surface area (Å²) in [6, 6.07) is 3.09. The molecule has 0 saturated carbocycles. The number of carbonyl (C=O) groups is 1. The number of halogens is 2. The van der Waals surface area contributed by atoms with Crippen molar-refractivity contribution in [2.24, 2.45) is 0 Å². The molecule has 138 valence electrons. The summed E-state index contributed by atoms with van der Waals surface area (Å²) in [6.07, 6.45) is 1.86. The Labute approximate surface area is 166 Å². The molecule has 1 aliphatic heterocycles. The normalized spacial score (nSPS) is 16.0. The van der Waals surface area contributed by atoms with Crippen molar-refractivity contribution < 1.29 is 18.3 Å². The van der Waals surface area contributed by atoms with Gasteiger partial charge in [0.1, 0.15) is 5.75 Å². The van der Waals surface area contributed by atoms with E-state index >= 15 is 0 Å². The minimum atomic E-state index is -3.44. The Bertz CT molecular complexity index is 762. The highest BCUT2D eigenvalue weighted by atomic mass is 127. The Hall–Kier alpha value is -0.840. The zero-order valence-electron chi connectivity index (χ0n) is 13.5. The number of benzene rings is 1. The number of likely N-dealkylation sites (tertiary alicyclic amines) is 1. The number of aryl methyl sites for hydroxylation is 1. The Morgan fingerprint density at radius 2 is 2.08 bits per heavy atom. The fourth-order valence-corrected chi connectivity index (χ4v) is 4.19. The third-order valence-electron chi connectivity index (χ3n) is 4.13. The van der Waals surface area contributed by atoms with Gasteiger partial charge in [-0.15, -0.1) is 0 Å². The fraction of sp³-hybridized carbons (Fsp3) is 0.438. The van der Waals surface area contributed by atoms with Crippen molar-refractivity contribution >= 4 is 50.1 Å². The minimum absolute atomic E-state index is 0.00520. The average molecular weight is 499 g/mol. The monoisotopic (exact) mass is 498 g/mol. The molecule has 0 radical (unpaired) electrons. The quantitative estimate of drug-likeness (QED) is 0.591. The lowest BCUT2D eigenvalue weighted by atomic mass is 10.0. The molecule has 1 heterocycles. The molecule has 2 rings (SSSR count). The molecule has 6 nitrogen and oxygen atoms in total. The van der Waals surface area contributed by atoms with Gasteiger partial charge >= 0.3 is 0 Å². The molecule has 1 saturated heterocycles. The van der Waals surface area contributed by atoms with Crippen LogP contribution in [0.3, 0.4) is 0 Å². The van der Waals surface area contributed by atoms with Crippen LogP contribution in [0.15, 0.2) is 24.1 Å². The van der Waals surface area contributed by atoms with Crippen molar-refractivity contribution in [1.82, 2.24) is 9.62 Å². The van der Waals surface area contributed by atoms with Crippen molar-refractivity contribution in [2.45, 2.75) is 31.7 Å². The van der Waals surface area contributed by atoms with Crippen LogP contribution in [0.1, 0.15) is 24.8 Å². The highest BCUT2D eigenvalue weighted by molar-refractivity contribution is 14.1. The lowest BCUT2D eigenvalue weighted by molar-refractivity contribution is -0.132.